The normalized spacial score (nSPS) is 28.8. The summed E-state index contributed by atoms with van der Waals surface area (Å²) in [6, 6.07) is 0. The molecule has 0 unspecified atom stereocenters. The van der Waals surface area contributed by atoms with Crippen molar-refractivity contribution >= 4 is 11.2 Å². The maximum absolute atomic E-state index is 11.9. The highest BCUT2D eigenvalue weighted by Crippen LogP contribution is 2.33. The first-order valence-corrected chi connectivity index (χ1v) is 7.03. The summed E-state index contributed by atoms with van der Waals surface area (Å²) in [5, 5.41) is 29.4. The fourth-order valence-electron chi connectivity index (χ4n) is 2.69. The Morgan fingerprint density at radius 2 is 2.14 bits per heavy atom. The smallest absolute Gasteiger partial charge is 0.278 e. The van der Waals surface area contributed by atoms with E-state index < -0.39 is 36.7 Å². The lowest BCUT2D eigenvalue weighted by atomic mass is 10.1. The van der Waals surface area contributed by atoms with Crippen LogP contribution >= 0.6 is 0 Å². The van der Waals surface area contributed by atoms with Crippen LogP contribution < -0.4 is 5.56 Å². The first-order valence-electron chi connectivity index (χ1n) is 7.03. The molecule has 120 valence electrons. The number of hydrogen-bond acceptors (Lipinski definition) is 7. The van der Waals surface area contributed by atoms with E-state index in [9.17, 15) is 20.1 Å². The number of aromatic nitrogens is 4. The van der Waals surface area contributed by atoms with Crippen molar-refractivity contribution in [3.8, 4) is 0 Å². The summed E-state index contributed by atoms with van der Waals surface area (Å²) >= 11 is 0. The predicted octanol–water partition coefficient (Wildman–Crippen LogP) is -1.15. The lowest BCUT2D eigenvalue weighted by Gasteiger charge is -2.20. The van der Waals surface area contributed by atoms with Gasteiger partial charge in [-0.2, -0.15) is 0 Å². The second-order valence-electron chi connectivity index (χ2n) is 5.63. The highest BCUT2D eigenvalue weighted by Gasteiger charge is 2.45. The molecule has 1 aliphatic rings. The van der Waals surface area contributed by atoms with Gasteiger partial charge < -0.3 is 25.0 Å². The summed E-state index contributed by atoms with van der Waals surface area (Å²) in [5.41, 5.74) is 0.0172. The molecular weight excluding hydrogens is 292 g/mol. The Labute approximate surface area is 125 Å². The van der Waals surface area contributed by atoms with E-state index in [4.69, 9.17) is 4.74 Å². The summed E-state index contributed by atoms with van der Waals surface area (Å²) in [7, 11) is 0. The van der Waals surface area contributed by atoms with E-state index in [1.54, 1.807) is 0 Å². The van der Waals surface area contributed by atoms with Crippen molar-refractivity contribution in [2.45, 2.75) is 44.3 Å². The number of aromatic amines is 1. The molecule has 4 N–H and O–H groups in total. The van der Waals surface area contributed by atoms with Gasteiger partial charge in [0, 0.05) is 5.92 Å². The topological polar surface area (TPSA) is 133 Å². The van der Waals surface area contributed by atoms with E-state index in [2.05, 4.69) is 15.0 Å². The van der Waals surface area contributed by atoms with Crippen molar-refractivity contribution in [2.75, 3.05) is 6.61 Å². The number of aliphatic hydroxyl groups is 3. The zero-order chi connectivity index (χ0) is 16.0. The maximum Gasteiger partial charge on any atom is 0.278 e. The Balaban J connectivity index is 2.19. The van der Waals surface area contributed by atoms with Crippen LogP contribution in [-0.4, -0.2) is 59.8 Å². The molecule has 9 heteroatoms. The number of rotatable bonds is 3. The number of ether oxygens (including phenoxy) is 1. The molecule has 1 saturated heterocycles. The van der Waals surface area contributed by atoms with Crippen LogP contribution in [0.1, 0.15) is 31.8 Å². The first-order chi connectivity index (χ1) is 10.5. The van der Waals surface area contributed by atoms with E-state index in [1.807, 2.05) is 13.8 Å². The molecule has 4 atom stereocenters. The SMILES string of the molecule is CC(C)c1nc2c(=O)[nH]cnc2n1[C@@H]1O[C@H](CO)[C@@H](O)[C@H]1O. The van der Waals surface area contributed by atoms with E-state index in [0.29, 0.717) is 5.82 Å². The van der Waals surface area contributed by atoms with Gasteiger partial charge in [0.25, 0.3) is 5.56 Å². The molecule has 0 spiro atoms. The van der Waals surface area contributed by atoms with E-state index in [0.717, 1.165) is 0 Å². The highest BCUT2D eigenvalue weighted by atomic mass is 16.6. The van der Waals surface area contributed by atoms with Crippen molar-refractivity contribution < 1.29 is 20.1 Å². The molecule has 9 nitrogen and oxygen atoms in total. The highest BCUT2D eigenvalue weighted by molar-refractivity contribution is 5.70. The van der Waals surface area contributed by atoms with Gasteiger partial charge in [0.05, 0.1) is 12.9 Å². The fraction of sp³-hybridized carbons (Fsp3) is 0.615. The summed E-state index contributed by atoms with van der Waals surface area (Å²) in [6.07, 6.45) is -3.11. The average Bonchev–Trinajstić information content (AvgIpc) is 3.00. The molecule has 2 aromatic heterocycles. The molecule has 0 amide bonds. The van der Waals surface area contributed by atoms with Gasteiger partial charge in [-0.05, 0) is 0 Å². The van der Waals surface area contributed by atoms with Gasteiger partial charge in [0.1, 0.15) is 24.1 Å². The summed E-state index contributed by atoms with van der Waals surface area (Å²) in [5.74, 6) is 0.448. The Bertz CT molecular complexity index is 740. The molecular formula is C13H18N4O5. The number of hydrogen-bond donors (Lipinski definition) is 4. The summed E-state index contributed by atoms with van der Waals surface area (Å²) in [4.78, 5) is 22.7. The molecule has 0 saturated carbocycles. The van der Waals surface area contributed by atoms with Crippen molar-refractivity contribution in [1.82, 2.24) is 19.5 Å². The van der Waals surface area contributed by atoms with Gasteiger partial charge in [0.15, 0.2) is 17.4 Å². The van der Waals surface area contributed by atoms with Crippen molar-refractivity contribution in [3.63, 3.8) is 0 Å². The molecule has 22 heavy (non-hydrogen) atoms. The largest absolute Gasteiger partial charge is 0.394 e. The zero-order valence-corrected chi connectivity index (χ0v) is 12.2. The molecule has 3 rings (SSSR count). The van der Waals surface area contributed by atoms with Gasteiger partial charge in [-0.3, -0.25) is 9.36 Å². The van der Waals surface area contributed by atoms with Crippen LogP contribution in [0, 0.1) is 0 Å². The van der Waals surface area contributed by atoms with Crippen molar-refractivity contribution in [2.24, 2.45) is 0 Å². The minimum atomic E-state index is -1.26. The lowest BCUT2D eigenvalue weighted by molar-refractivity contribution is -0.0525. The van der Waals surface area contributed by atoms with Gasteiger partial charge in [-0.15, -0.1) is 0 Å². The third-order valence-corrected chi connectivity index (χ3v) is 3.80. The second-order valence-corrected chi connectivity index (χ2v) is 5.63. The number of H-pyrrole nitrogens is 1. The molecule has 1 aliphatic heterocycles. The third-order valence-electron chi connectivity index (χ3n) is 3.80. The van der Waals surface area contributed by atoms with Gasteiger partial charge in [0.2, 0.25) is 0 Å². The fourth-order valence-corrected chi connectivity index (χ4v) is 2.69. The third kappa shape index (κ3) is 2.13. The van der Waals surface area contributed by atoms with Crippen LogP contribution in [-0.2, 0) is 4.74 Å². The molecule has 0 radical (unpaired) electrons. The maximum atomic E-state index is 11.9. The number of fused-ring (bicyclic) bond motifs is 1. The molecule has 1 fully saturated rings. The Hall–Kier alpha value is -1.81. The monoisotopic (exact) mass is 310 g/mol. The van der Waals surface area contributed by atoms with Crippen LogP contribution in [0.3, 0.4) is 0 Å². The van der Waals surface area contributed by atoms with E-state index in [-0.39, 0.29) is 17.1 Å². The number of nitrogens with one attached hydrogen (secondary N) is 1. The zero-order valence-electron chi connectivity index (χ0n) is 12.2. The summed E-state index contributed by atoms with van der Waals surface area (Å²) in [6.45, 7) is 3.34. The molecule has 0 aliphatic carbocycles. The molecule has 3 heterocycles. The van der Waals surface area contributed by atoms with Crippen LogP contribution in [0.2, 0.25) is 0 Å². The van der Waals surface area contributed by atoms with Crippen LogP contribution in [0.5, 0.6) is 0 Å². The number of nitrogens with zero attached hydrogens (tertiary/aromatic N) is 3. The Morgan fingerprint density at radius 3 is 2.73 bits per heavy atom. The first kappa shape index (κ1) is 15.1. The number of imidazole rings is 1. The minimum Gasteiger partial charge on any atom is -0.394 e. The van der Waals surface area contributed by atoms with Crippen molar-refractivity contribution in [3.05, 3.63) is 22.5 Å². The van der Waals surface area contributed by atoms with Gasteiger partial charge in [-0.1, -0.05) is 13.8 Å². The predicted molar refractivity (Wildman–Crippen MR) is 75.2 cm³/mol. The van der Waals surface area contributed by atoms with E-state index >= 15 is 0 Å². The lowest BCUT2D eigenvalue weighted by Crippen LogP contribution is -2.33. The van der Waals surface area contributed by atoms with E-state index in [1.165, 1.54) is 10.9 Å². The second kappa shape index (κ2) is 5.43. The molecule has 0 bridgehead atoms. The Kier molecular flexibility index (Phi) is 3.73. The number of aliphatic hydroxyl groups excluding tert-OH is 3. The standard InChI is InChI=1S/C13H18N4O5/c1-5(2)10-16-7-11(14-4-15-12(7)21)17(10)13-9(20)8(19)6(3-18)22-13/h4-6,8-9,13,18-20H,3H2,1-2H3,(H,14,15,21)/t6-,8-,9-,13-/m1/s1. The molecule has 2 aromatic rings. The summed E-state index contributed by atoms with van der Waals surface area (Å²) < 4.78 is 7.05. The molecule has 0 aromatic carbocycles. The van der Waals surface area contributed by atoms with Crippen LogP contribution in [0.15, 0.2) is 11.1 Å². The minimum absolute atomic E-state index is 0.0604. The Morgan fingerprint density at radius 1 is 1.41 bits per heavy atom. The average molecular weight is 310 g/mol. The van der Waals surface area contributed by atoms with Gasteiger partial charge >= 0.3 is 0 Å². The quantitative estimate of drug-likeness (QED) is 0.562. The van der Waals surface area contributed by atoms with Crippen LogP contribution in [0.25, 0.3) is 11.2 Å². The van der Waals surface area contributed by atoms with Gasteiger partial charge in [-0.25, -0.2) is 9.97 Å². The van der Waals surface area contributed by atoms with Crippen LogP contribution in [0.4, 0.5) is 0 Å². The van der Waals surface area contributed by atoms with Crippen molar-refractivity contribution in [1.29, 1.82) is 0 Å².